The number of halogens is 3. The van der Waals surface area contributed by atoms with Gasteiger partial charge in [0.25, 0.3) is 0 Å². The van der Waals surface area contributed by atoms with Crippen LogP contribution in [-0.4, -0.2) is 26.4 Å². The molecule has 0 spiro atoms. The van der Waals surface area contributed by atoms with Crippen LogP contribution in [0.15, 0.2) is 0 Å². The molecule has 0 heterocycles. The SMILES string of the molecule is C[CH2][PbH]([CH2]C)[C](F)(F)F. The van der Waals surface area contributed by atoms with Crippen LogP contribution in [-0.2, 0) is 0 Å². The molecule has 0 fully saturated rings. The number of rotatable bonds is 2. The van der Waals surface area contributed by atoms with Gasteiger partial charge in [0.15, 0.2) is 0 Å². The van der Waals surface area contributed by atoms with E-state index in [1.54, 1.807) is 13.8 Å². The predicted molar refractivity (Wildman–Crippen MR) is 34.2 cm³/mol. The van der Waals surface area contributed by atoms with Crippen LogP contribution in [0.1, 0.15) is 13.8 Å². The molecule has 0 N–H and O–H groups in total. The molecule has 0 aliphatic rings. The van der Waals surface area contributed by atoms with Gasteiger partial charge >= 0.3 is 61.4 Å². The van der Waals surface area contributed by atoms with Crippen LogP contribution in [0.25, 0.3) is 0 Å². The summed E-state index contributed by atoms with van der Waals surface area (Å²) >= 11 is -3.15. The van der Waals surface area contributed by atoms with Gasteiger partial charge in [-0.05, 0) is 0 Å². The normalized spacial score (nSPS) is 12.7. The summed E-state index contributed by atoms with van der Waals surface area (Å²) in [6.45, 7) is 3.31. The first kappa shape index (κ1) is 9.71. The fraction of sp³-hybridized carbons (Fsp3) is 1.00. The third-order valence-corrected chi connectivity index (χ3v) is 12.7. The summed E-state index contributed by atoms with van der Waals surface area (Å²) in [5.41, 5.74) is 0. The van der Waals surface area contributed by atoms with E-state index < -0.39 is 26.4 Å². The van der Waals surface area contributed by atoms with Crippen LogP contribution in [0.3, 0.4) is 0 Å². The van der Waals surface area contributed by atoms with Gasteiger partial charge < -0.3 is 0 Å². The van der Waals surface area contributed by atoms with Gasteiger partial charge in [0, 0.05) is 0 Å². The van der Waals surface area contributed by atoms with E-state index in [1.807, 2.05) is 0 Å². The molecule has 0 atom stereocenters. The maximum absolute atomic E-state index is 11.8. The van der Waals surface area contributed by atoms with Crippen molar-refractivity contribution < 1.29 is 13.2 Å². The molecular weight excluding hydrogens is 324 g/mol. The Labute approximate surface area is 61.6 Å². The van der Waals surface area contributed by atoms with Crippen molar-refractivity contribution in [2.24, 2.45) is 0 Å². The molecule has 0 aromatic heterocycles. The second-order valence-electron chi connectivity index (χ2n) is 2.06. The van der Waals surface area contributed by atoms with Gasteiger partial charge in [-0.2, -0.15) is 0 Å². The van der Waals surface area contributed by atoms with E-state index in [0.29, 0.717) is 7.96 Å². The molecule has 4 heteroatoms. The standard InChI is InChI=1S/2C2H5.CF3.Pb.H/c2*1-2;2-1(3)4;;/h2*1H2,2H3;;;. The summed E-state index contributed by atoms with van der Waals surface area (Å²) in [5.74, 6) is 0. The summed E-state index contributed by atoms with van der Waals surface area (Å²) in [6, 6.07) is 0. The minimum absolute atomic E-state index is 0.417. The van der Waals surface area contributed by atoms with E-state index in [2.05, 4.69) is 0 Å². The van der Waals surface area contributed by atoms with Crippen molar-refractivity contribution in [1.82, 2.24) is 0 Å². The average molecular weight is 335 g/mol. The van der Waals surface area contributed by atoms with Crippen molar-refractivity contribution in [3.05, 3.63) is 0 Å². The molecular formula is C5H11F3Pb. The van der Waals surface area contributed by atoms with Crippen molar-refractivity contribution in [3.8, 4) is 0 Å². The zero-order valence-corrected chi connectivity index (χ0v) is 10.1. The Morgan fingerprint density at radius 2 is 1.44 bits per heavy atom. The predicted octanol–water partition coefficient (Wildman–Crippen LogP) is 2.35. The Bertz CT molecular complexity index is 74.8. The molecule has 0 amide bonds. The topological polar surface area (TPSA) is 0 Å². The van der Waals surface area contributed by atoms with E-state index in [4.69, 9.17) is 0 Å². The Balaban J connectivity index is 3.79. The maximum atomic E-state index is 11.8. The van der Waals surface area contributed by atoms with Gasteiger partial charge in [0.1, 0.15) is 0 Å². The van der Waals surface area contributed by atoms with E-state index in [-0.39, 0.29) is 0 Å². The summed E-state index contributed by atoms with van der Waals surface area (Å²) in [6.07, 6.45) is 0. The Morgan fingerprint density at radius 1 is 1.11 bits per heavy atom. The molecule has 0 aromatic carbocycles. The zero-order valence-electron chi connectivity index (χ0n) is 5.63. The summed E-state index contributed by atoms with van der Waals surface area (Å²) in [5, 5.41) is 0. The number of hydrogen-bond donors (Lipinski definition) is 0. The minimum atomic E-state index is -3.76. The van der Waals surface area contributed by atoms with Gasteiger partial charge in [-0.1, -0.05) is 0 Å². The molecule has 0 rings (SSSR count). The van der Waals surface area contributed by atoms with E-state index >= 15 is 0 Å². The number of alkyl halides is 3. The molecule has 0 nitrogen and oxygen atoms in total. The second kappa shape index (κ2) is 3.78. The van der Waals surface area contributed by atoms with Crippen molar-refractivity contribution in [3.63, 3.8) is 0 Å². The fourth-order valence-corrected chi connectivity index (χ4v) is 6.60. The third kappa shape index (κ3) is 3.42. The summed E-state index contributed by atoms with van der Waals surface area (Å²) < 4.78 is 32.5. The van der Waals surface area contributed by atoms with Gasteiger partial charge in [-0.15, -0.1) is 0 Å². The average Bonchev–Trinajstić information content (AvgIpc) is 1.65. The van der Waals surface area contributed by atoms with Crippen molar-refractivity contribution in [1.29, 1.82) is 0 Å². The molecule has 9 heavy (non-hydrogen) atoms. The van der Waals surface area contributed by atoms with Gasteiger partial charge in [0.05, 0.1) is 0 Å². The first-order chi connectivity index (χ1) is 4.02. The van der Waals surface area contributed by atoms with E-state index in [9.17, 15) is 13.2 Å². The van der Waals surface area contributed by atoms with Gasteiger partial charge in [-0.25, -0.2) is 0 Å². The fourth-order valence-electron chi connectivity index (χ4n) is 0.752. The molecule has 0 aliphatic heterocycles. The third-order valence-electron chi connectivity index (χ3n) is 1.45. The second-order valence-corrected chi connectivity index (χ2v) is 16.4. The van der Waals surface area contributed by atoms with Crippen LogP contribution in [0.4, 0.5) is 13.2 Å². The summed E-state index contributed by atoms with van der Waals surface area (Å²) in [4.78, 5) is 0. The van der Waals surface area contributed by atoms with Crippen LogP contribution in [0.2, 0.25) is 7.96 Å². The van der Waals surface area contributed by atoms with Crippen molar-refractivity contribution >= 4 is 22.7 Å². The zero-order chi connectivity index (χ0) is 7.49. The van der Waals surface area contributed by atoms with Crippen LogP contribution in [0, 0.1) is 0 Å². The molecule has 0 radical (unpaired) electrons. The molecule has 0 saturated carbocycles. The van der Waals surface area contributed by atoms with Crippen LogP contribution < -0.4 is 0 Å². The molecule has 0 unspecified atom stereocenters. The van der Waals surface area contributed by atoms with Crippen molar-refractivity contribution in [2.75, 3.05) is 0 Å². The molecule has 0 bridgehead atoms. The quantitative estimate of drug-likeness (QED) is 0.680. The first-order valence-corrected chi connectivity index (χ1v) is 11.7. The van der Waals surface area contributed by atoms with Crippen LogP contribution in [0.5, 0.6) is 0 Å². The Kier molecular flexibility index (Phi) is 4.08. The van der Waals surface area contributed by atoms with Crippen molar-refractivity contribution in [2.45, 2.75) is 25.5 Å². The van der Waals surface area contributed by atoms with E-state index in [1.165, 1.54) is 0 Å². The Hall–Kier alpha value is 0.712. The first-order valence-electron chi connectivity index (χ1n) is 3.09. The molecule has 0 aromatic rings. The van der Waals surface area contributed by atoms with Gasteiger partial charge in [0.2, 0.25) is 0 Å². The monoisotopic (exact) mass is 336 g/mol. The summed E-state index contributed by atoms with van der Waals surface area (Å²) in [7, 11) is 0. The number of hydrogen-bond acceptors (Lipinski definition) is 0. The van der Waals surface area contributed by atoms with E-state index in [0.717, 1.165) is 0 Å². The Morgan fingerprint density at radius 3 is 1.44 bits per heavy atom. The molecule has 0 saturated heterocycles. The van der Waals surface area contributed by atoms with Crippen LogP contribution >= 0.6 is 0 Å². The molecule has 56 valence electrons. The molecule has 0 aliphatic carbocycles. The van der Waals surface area contributed by atoms with Gasteiger partial charge in [-0.3, -0.25) is 0 Å².